The van der Waals surface area contributed by atoms with Gasteiger partial charge in [-0.1, -0.05) is 30.3 Å². The Kier molecular flexibility index (Phi) is 5.16. The van der Waals surface area contributed by atoms with E-state index in [0.29, 0.717) is 0 Å². The number of rotatable bonds is 6. The lowest BCUT2D eigenvalue weighted by molar-refractivity contribution is -0.0203. The zero-order valence-corrected chi connectivity index (χ0v) is 12.8. The highest BCUT2D eigenvalue weighted by Gasteiger charge is 2.25. The van der Waals surface area contributed by atoms with Crippen molar-refractivity contribution in [1.29, 1.82) is 0 Å². The molecule has 0 bridgehead atoms. The third-order valence-electron chi connectivity index (χ3n) is 4.16. The number of hydrogen-bond acceptors (Lipinski definition) is 4. The second kappa shape index (κ2) is 7.49. The van der Waals surface area contributed by atoms with Gasteiger partial charge in [-0.15, -0.1) is 0 Å². The highest BCUT2D eigenvalue weighted by Crippen LogP contribution is 2.16. The van der Waals surface area contributed by atoms with Crippen molar-refractivity contribution in [3.63, 3.8) is 0 Å². The quantitative estimate of drug-likeness (QED) is 0.886. The van der Waals surface area contributed by atoms with Crippen molar-refractivity contribution in [2.24, 2.45) is 0 Å². The van der Waals surface area contributed by atoms with E-state index < -0.39 is 0 Å². The minimum absolute atomic E-state index is 0.198. The molecule has 1 N–H and O–H groups in total. The van der Waals surface area contributed by atoms with Crippen LogP contribution < -0.4 is 0 Å². The standard InChI is InChI=1S/C18H23N3O/c22-18-9-13-21(15-18)20(14-17-6-10-19-11-7-17)12-8-16-4-2-1-3-5-16/h1-7,10-11,18,22H,8-9,12-15H2/t18-/m0/s1. The van der Waals surface area contributed by atoms with Gasteiger partial charge in [0.25, 0.3) is 0 Å². The predicted octanol–water partition coefficient (Wildman–Crippen LogP) is 2.11. The number of hydrazine groups is 1. The van der Waals surface area contributed by atoms with E-state index in [-0.39, 0.29) is 6.10 Å². The van der Waals surface area contributed by atoms with Crippen molar-refractivity contribution in [2.75, 3.05) is 19.6 Å². The number of pyridine rings is 1. The predicted molar refractivity (Wildman–Crippen MR) is 87.0 cm³/mol. The van der Waals surface area contributed by atoms with Crippen molar-refractivity contribution in [2.45, 2.75) is 25.5 Å². The summed E-state index contributed by atoms with van der Waals surface area (Å²) in [4.78, 5) is 4.08. The van der Waals surface area contributed by atoms with Crippen molar-refractivity contribution >= 4 is 0 Å². The lowest BCUT2D eigenvalue weighted by atomic mass is 10.1. The molecular weight excluding hydrogens is 274 g/mol. The number of β-amino-alcohol motifs (C(OH)–C–C–N with tert-alkyl or cyclic N) is 1. The van der Waals surface area contributed by atoms with Gasteiger partial charge in [0.05, 0.1) is 6.10 Å². The van der Waals surface area contributed by atoms with Crippen molar-refractivity contribution in [3.05, 3.63) is 66.0 Å². The van der Waals surface area contributed by atoms with Gasteiger partial charge < -0.3 is 5.11 Å². The van der Waals surface area contributed by atoms with Gasteiger partial charge in [0.2, 0.25) is 0 Å². The maximum atomic E-state index is 9.82. The van der Waals surface area contributed by atoms with Crippen LogP contribution >= 0.6 is 0 Å². The lowest BCUT2D eigenvalue weighted by Crippen LogP contribution is -2.42. The van der Waals surface area contributed by atoms with Gasteiger partial charge in [-0.25, -0.2) is 10.0 Å². The summed E-state index contributed by atoms with van der Waals surface area (Å²) in [6, 6.07) is 14.7. The van der Waals surface area contributed by atoms with E-state index in [0.717, 1.165) is 39.0 Å². The summed E-state index contributed by atoms with van der Waals surface area (Å²) in [5.74, 6) is 0. The molecule has 0 radical (unpaired) electrons. The maximum absolute atomic E-state index is 9.82. The van der Waals surface area contributed by atoms with Crippen LogP contribution in [0.1, 0.15) is 17.5 Å². The Morgan fingerprint density at radius 1 is 1.09 bits per heavy atom. The Morgan fingerprint density at radius 3 is 2.55 bits per heavy atom. The van der Waals surface area contributed by atoms with Crippen molar-refractivity contribution in [3.8, 4) is 0 Å². The maximum Gasteiger partial charge on any atom is 0.0694 e. The number of hydrogen-bond donors (Lipinski definition) is 1. The summed E-state index contributed by atoms with van der Waals surface area (Å²) in [6.07, 6.45) is 5.35. The molecule has 1 fully saturated rings. The molecule has 4 nitrogen and oxygen atoms in total. The average molecular weight is 297 g/mol. The molecule has 1 aromatic carbocycles. The van der Waals surface area contributed by atoms with Crippen LogP contribution in [0.25, 0.3) is 0 Å². The second-order valence-electron chi connectivity index (χ2n) is 5.83. The van der Waals surface area contributed by atoms with E-state index in [1.54, 1.807) is 0 Å². The van der Waals surface area contributed by atoms with Crippen LogP contribution in [0, 0.1) is 0 Å². The van der Waals surface area contributed by atoms with Crippen LogP contribution in [-0.4, -0.2) is 45.8 Å². The molecule has 0 saturated carbocycles. The highest BCUT2D eigenvalue weighted by molar-refractivity contribution is 5.15. The van der Waals surface area contributed by atoms with Crippen LogP contribution in [0.15, 0.2) is 54.9 Å². The molecule has 0 unspecified atom stereocenters. The number of aliphatic hydroxyl groups is 1. The van der Waals surface area contributed by atoms with Gasteiger partial charge in [0.15, 0.2) is 0 Å². The molecule has 1 saturated heterocycles. The number of aromatic nitrogens is 1. The molecule has 1 aliphatic heterocycles. The third kappa shape index (κ3) is 4.13. The molecule has 2 aromatic rings. The summed E-state index contributed by atoms with van der Waals surface area (Å²) in [6.45, 7) is 3.49. The fourth-order valence-electron chi connectivity index (χ4n) is 2.90. The van der Waals surface area contributed by atoms with Gasteiger partial charge >= 0.3 is 0 Å². The molecule has 3 rings (SSSR count). The van der Waals surface area contributed by atoms with Crippen LogP contribution in [-0.2, 0) is 13.0 Å². The van der Waals surface area contributed by atoms with Gasteiger partial charge in [0.1, 0.15) is 0 Å². The molecule has 0 spiro atoms. The van der Waals surface area contributed by atoms with E-state index >= 15 is 0 Å². The minimum Gasteiger partial charge on any atom is -0.392 e. The zero-order valence-electron chi connectivity index (χ0n) is 12.8. The molecule has 2 heterocycles. The number of benzene rings is 1. The molecule has 0 aliphatic carbocycles. The molecule has 1 aromatic heterocycles. The van der Waals surface area contributed by atoms with E-state index in [4.69, 9.17) is 0 Å². The van der Waals surface area contributed by atoms with Gasteiger partial charge in [-0.2, -0.15) is 0 Å². The number of nitrogens with zero attached hydrogens (tertiary/aromatic N) is 3. The van der Waals surface area contributed by atoms with Gasteiger partial charge in [-0.3, -0.25) is 4.98 Å². The first-order chi connectivity index (χ1) is 10.8. The molecule has 1 atom stereocenters. The van der Waals surface area contributed by atoms with Crippen LogP contribution in [0.3, 0.4) is 0 Å². The monoisotopic (exact) mass is 297 g/mol. The van der Waals surface area contributed by atoms with Gasteiger partial charge in [-0.05, 0) is 36.1 Å². The third-order valence-corrected chi connectivity index (χ3v) is 4.16. The normalized spacial score (nSPS) is 18.9. The van der Waals surface area contributed by atoms with Crippen molar-refractivity contribution < 1.29 is 5.11 Å². The Hall–Kier alpha value is -1.75. The SMILES string of the molecule is O[C@H]1CCN(N(CCc2ccccc2)Cc2ccncc2)C1. The fourth-order valence-corrected chi connectivity index (χ4v) is 2.90. The summed E-state index contributed by atoms with van der Waals surface area (Å²) in [5.41, 5.74) is 2.60. The first-order valence-electron chi connectivity index (χ1n) is 7.92. The molecular formula is C18H23N3O. The zero-order chi connectivity index (χ0) is 15.2. The second-order valence-corrected chi connectivity index (χ2v) is 5.83. The molecule has 4 heteroatoms. The molecule has 22 heavy (non-hydrogen) atoms. The average Bonchev–Trinajstić information content (AvgIpc) is 3.00. The lowest BCUT2D eigenvalue weighted by Gasteiger charge is -2.32. The van der Waals surface area contributed by atoms with Crippen LogP contribution in [0.4, 0.5) is 0 Å². The fraction of sp³-hybridized carbons (Fsp3) is 0.389. The first-order valence-corrected chi connectivity index (χ1v) is 7.92. The van der Waals surface area contributed by atoms with Gasteiger partial charge in [0, 0.05) is 38.6 Å². The van der Waals surface area contributed by atoms with E-state index in [2.05, 4.69) is 57.5 Å². The first kappa shape index (κ1) is 15.2. The molecule has 1 aliphatic rings. The molecule has 116 valence electrons. The topological polar surface area (TPSA) is 39.6 Å². The Bertz CT molecular complexity index is 561. The summed E-state index contributed by atoms with van der Waals surface area (Å²) in [7, 11) is 0. The van der Waals surface area contributed by atoms with E-state index in [1.807, 2.05) is 12.4 Å². The van der Waals surface area contributed by atoms with Crippen LogP contribution in [0.2, 0.25) is 0 Å². The minimum atomic E-state index is -0.198. The van der Waals surface area contributed by atoms with E-state index in [9.17, 15) is 5.11 Å². The Morgan fingerprint density at radius 2 is 1.86 bits per heavy atom. The highest BCUT2D eigenvalue weighted by atomic mass is 16.3. The summed E-state index contributed by atoms with van der Waals surface area (Å²) < 4.78 is 0. The smallest absolute Gasteiger partial charge is 0.0694 e. The van der Waals surface area contributed by atoms with Crippen LogP contribution in [0.5, 0.6) is 0 Å². The Labute approximate surface area is 132 Å². The Balaban J connectivity index is 1.66. The summed E-state index contributed by atoms with van der Waals surface area (Å²) in [5, 5.41) is 14.5. The van der Waals surface area contributed by atoms with Crippen molar-refractivity contribution in [1.82, 2.24) is 15.0 Å². The molecule has 0 amide bonds. The summed E-state index contributed by atoms with van der Waals surface area (Å²) >= 11 is 0. The largest absolute Gasteiger partial charge is 0.392 e. The van der Waals surface area contributed by atoms with E-state index in [1.165, 1.54) is 11.1 Å². The number of aliphatic hydroxyl groups excluding tert-OH is 1.